The first-order chi connectivity index (χ1) is 23.6. The minimum Gasteiger partial charge on any atom is -0.378 e. The third-order valence-electron chi connectivity index (χ3n) is 9.13. The Bertz CT molecular complexity index is 1520. The SMILES string of the molecule is O=C(Nc1ccc(C(=O)NCCN2CCCCC2)cc1)Nc1ccc(-c2nc(N3CCOCC3)nc(N3C4COCC3COC4)n2)cc1. The van der Waals surface area contributed by atoms with E-state index in [9.17, 15) is 9.59 Å². The fourth-order valence-corrected chi connectivity index (χ4v) is 6.54. The first-order valence-corrected chi connectivity index (χ1v) is 16.9. The number of piperidine rings is 1. The van der Waals surface area contributed by atoms with Gasteiger partial charge in [0.05, 0.1) is 51.7 Å². The predicted molar refractivity (Wildman–Crippen MR) is 182 cm³/mol. The molecule has 0 radical (unpaired) electrons. The number of carbonyl (C=O) groups excluding carboxylic acids is 2. The van der Waals surface area contributed by atoms with Crippen LogP contribution < -0.4 is 25.8 Å². The molecular weight excluding hydrogens is 614 g/mol. The Balaban J connectivity index is 0.977. The Hall–Kier alpha value is -4.37. The summed E-state index contributed by atoms with van der Waals surface area (Å²) in [5.41, 5.74) is 2.56. The van der Waals surface area contributed by atoms with Gasteiger partial charge in [0.1, 0.15) is 0 Å². The van der Waals surface area contributed by atoms with E-state index >= 15 is 0 Å². The van der Waals surface area contributed by atoms with Crippen LogP contribution in [-0.4, -0.2) is 123 Å². The van der Waals surface area contributed by atoms with E-state index < -0.39 is 0 Å². The quantitative estimate of drug-likeness (QED) is 0.312. The number of carbonyl (C=O) groups is 2. The zero-order chi connectivity index (χ0) is 32.7. The summed E-state index contributed by atoms with van der Waals surface area (Å²) >= 11 is 0. The van der Waals surface area contributed by atoms with Gasteiger partial charge in [-0.1, -0.05) is 6.42 Å². The van der Waals surface area contributed by atoms with Crippen LogP contribution in [0, 0.1) is 0 Å². The van der Waals surface area contributed by atoms with Crippen molar-refractivity contribution in [2.24, 2.45) is 0 Å². The molecule has 0 atom stereocenters. The lowest BCUT2D eigenvalue weighted by molar-refractivity contribution is -0.0355. The first-order valence-electron chi connectivity index (χ1n) is 16.9. The molecule has 0 spiro atoms. The predicted octanol–water partition coefficient (Wildman–Crippen LogP) is 2.84. The van der Waals surface area contributed by atoms with Gasteiger partial charge in [0.2, 0.25) is 11.9 Å². The molecule has 5 heterocycles. The number of aromatic nitrogens is 3. The molecule has 14 nitrogen and oxygen atoms in total. The van der Waals surface area contributed by atoms with Gasteiger partial charge in [-0.15, -0.1) is 0 Å². The normalized spacial score (nSPS) is 21.4. The lowest BCUT2D eigenvalue weighted by Gasteiger charge is -2.45. The van der Waals surface area contributed by atoms with Crippen molar-refractivity contribution in [3.05, 3.63) is 54.1 Å². The molecule has 48 heavy (non-hydrogen) atoms. The van der Waals surface area contributed by atoms with Gasteiger partial charge in [0, 0.05) is 48.7 Å². The van der Waals surface area contributed by atoms with Crippen LogP contribution in [0.2, 0.25) is 0 Å². The van der Waals surface area contributed by atoms with Crippen LogP contribution in [0.25, 0.3) is 11.4 Å². The highest BCUT2D eigenvalue weighted by molar-refractivity contribution is 6.00. The van der Waals surface area contributed by atoms with Crippen LogP contribution >= 0.6 is 0 Å². The van der Waals surface area contributed by atoms with Gasteiger partial charge in [-0.25, -0.2) is 4.79 Å². The molecule has 14 heteroatoms. The number of ether oxygens (including phenoxy) is 3. The second-order valence-corrected chi connectivity index (χ2v) is 12.5. The average Bonchev–Trinajstić information content (AvgIpc) is 3.12. The fraction of sp³-hybridized carbons (Fsp3) is 0.500. The van der Waals surface area contributed by atoms with Crippen LogP contribution in [0.15, 0.2) is 48.5 Å². The number of anilines is 4. The highest BCUT2D eigenvalue weighted by atomic mass is 16.5. The molecular formula is C34H43N9O5. The van der Waals surface area contributed by atoms with E-state index in [4.69, 9.17) is 29.2 Å². The van der Waals surface area contributed by atoms with E-state index in [2.05, 4.69) is 30.7 Å². The van der Waals surface area contributed by atoms with Crippen LogP contribution in [0.4, 0.5) is 28.1 Å². The number of fused-ring (bicyclic) bond motifs is 2. The van der Waals surface area contributed by atoms with Crippen LogP contribution in [0.3, 0.4) is 0 Å². The molecule has 1 aromatic heterocycles. The summed E-state index contributed by atoms with van der Waals surface area (Å²) in [5, 5.41) is 8.70. The highest BCUT2D eigenvalue weighted by Gasteiger charge is 2.38. The van der Waals surface area contributed by atoms with Crippen molar-refractivity contribution in [1.29, 1.82) is 0 Å². The molecule has 7 rings (SSSR count). The number of hydrogen-bond acceptors (Lipinski definition) is 11. The van der Waals surface area contributed by atoms with Gasteiger partial charge in [-0.05, 0) is 74.5 Å². The molecule has 2 bridgehead atoms. The molecule has 3 aromatic rings. The molecule has 4 aliphatic heterocycles. The summed E-state index contributed by atoms with van der Waals surface area (Å²) in [6, 6.07) is 14.0. The topological polar surface area (TPSA) is 146 Å². The highest BCUT2D eigenvalue weighted by Crippen LogP contribution is 2.29. The molecule has 254 valence electrons. The summed E-state index contributed by atoms with van der Waals surface area (Å²) in [7, 11) is 0. The maximum Gasteiger partial charge on any atom is 0.323 e. The summed E-state index contributed by atoms with van der Waals surface area (Å²) in [5.74, 6) is 1.67. The number of morpholine rings is 3. The van der Waals surface area contributed by atoms with Gasteiger partial charge < -0.3 is 44.9 Å². The van der Waals surface area contributed by atoms with Crippen molar-refractivity contribution >= 4 is 35.2 Å². The van der Waals surface area contributed by atoms with Gasteiger partial charge in [0.25, 0.3) is 5.91 Å². The molecule has 0 aliphatic carbocycles. The Morgan fingerprint density at radius 3 is 1.96 bits per heavy atom. The van der Waals surface area contributed by atoms with E-state index in [0.29, 0.717) is 93.9 Å². The first kappa shape index (κ1) is 32.2. The second-order valence-electron chi connectivity index (χ2n) is 12.5. The monoisotopic (exact) mass is 657 g/mol. The van der Waals surface area contributed by atoms with E-state index in [0.717, 1.165) is 25.2 Å². The van der Waals surface area contributed by atoms with E-state index in [1.54, 1.807) is 24.3 Å². The minimum atomic E-state index is -0.389. The van der Waals surface area contributed by atoms with Crippen molar-refractivity contribution in [2.45, 2.75) is 31.3 Å². The third-order valence-corrected chi connectivity index (χ3v) is 9.13. The molecule has 4 fully saturated rings. The van der Waals surface area contributed by atoms with E-state index in [1.165, 1.54) is 19.3 Å². The Labute approximate surface area is 280 Å². The van der Waals surface area contributed by atoms with Crippen molar-refractivity contribution in [3.8, 4) is 11.4 Å². The maximum atomic E-state index is 12.8. The van der Waals surface area contributed by atoms with Crippen molar-refractivity contribution in [1.82, 2.24) is 25.2 Å². The molecule has 3 amide bonds. The fourth-order valence-electron chi connectivity index (χ4n) is 6.54. The molecule has 4 saturated heterocycles. The van der Waals surface area contributed by atoms with Crippen molar-refractivity contribution in [2.75, 3.05) is 99.3 Å². The van der Waals surface area contributed by atoms with Crippen molar-refractivity contribution < 1.29 is 23.8 Å². The summed E-state index contributed by atoms with van der Waals surface area (Å²) < 4.78 is 17.2. The molecule has 4 aliphatic rings. The smallest absolute Gasteiger partial charge is 0.323 e. The van der Waals surface area contributed by atoms with Gasteiger partial charge in [-0.3, -0.25) is 4.79 Å². The minimum absolute atomic E-state index is 0.0399. The van der Waals surface area contributed by atoms with Crippen LogP contribution in [0.1, 0.15) is 29.6 Å². The number of nitrogens with zero attached hydrogens (tertiary/aromatic N) is 6. The molecule has 2 aromatic carbocycles. The molecule has 0 saturated carbocycles. The van der Waals surface area contributed by atoms with Gasteiger partial charge in [-0.2, -0.15) is 15.0 Å². The largest absolute Gasteiger partial charge is 0.378 e. The third kappa shape index (κ3) is 7.84. The standard InChI is InChI=1S/C34H43N9O5/c44-31(35-12-15-41-13-2-1-3-14-41)25-6-10-27(11-7-25)37-34(45)36-26-8-4-24(5-9-26)30-38-32(42-16-18-46-19-17-42)40-33(39-30)43-28-20-47-22-29(43)23-48-21-28/h4-11,28-29H,1-3,12-23H2,(H,35,44)(H2,36,37,45). The number of rotatable bonds is 9. The lowest BCUT2D eigenvalue weighted by Crippen LogP contribution is -2.60. The number of urea groups is 1. The number of amides is 3. The van der Waals surface area contributed by atoms with Crippen LogP contribution in [0.5, 0.6) is 0 Å². The van der Waals surface area contributed by atoms with Crippen molar-refractivity contribution in [3.63, 3.8) is 0 Å². The summed E-state index contributed by atoms with van der Waals surface area (Å²) in [6.45, 7) is 8.58. The average molecular weight is 658 g/mol. The Morgan fingerprint density at radius 2 is 1.31 bits per heavy atom. The van der Waals surface area contributed by atoms with E-state index in [1.807, 2.05) is 24.3 Å². The molecule has 0 unspecified atom stereocenters. The Morgan fingerprint density at radius 1 is 0.708 bits per heavy atom. The van der Waals surface area contributed by atoms with Crippen LogP contribution in [-0.2, 0) is 14.2 Å². The number of likely N-dealkylation sites (tertiary alicyclic amines) is 1. The summed E-state index contributed by atoms with van der Waals surface area (Å²) in [4.78, 5) is 46.8. The van der Waals surface area contributed by atoms with E-state index in [-0.39, 0.29) is 24.0 Å². The Kier molecular flexibility index (Phi) is 10.2. The van der Waals surface area contributed by atoms with Gasteiger partial charge >= 0.3 is 6.03 Å². The maximum absolute atomic E-state index is 12.8. The zero-order valence-corrected chi connectivity index (χ0v) is 27.1. The number of nitrogens with one attached hydrogen (secondary N) is 3. The zero-order valence-electron chi connectivity index (χ0n) is 27.1. The summed E-state index contributed by atoms with van der Waals surface area (Å²) in [6.07, 6.45) is 3.75. The second kappa shape index (κ2) is 15.2. The number of benzene rings is 2. The molecule has 3 N–H and O–H groups in total. The number of hydrogen-bond donors (Lipinski definition) is 3. The lowest BCUT2D eigenvalue weighted by atomic mass is 10.1. The van der Waals surface area contributed by atoms with Gasteiger partial charge in [0.15, 0.2) is 5.82 Å².